The quantitative estimate of drug-likeness (QED) is 0.731. The number of hydrogen-bond acceptors (Lipinski definition) is 4. The van der Waals surface area contributed by atoms with Crippen LogP contribution in [0.15, 0.2) is 60.1 Å². The Morgan fingerprint density at radius 1 is 1.12 bits per heavy atom. The molecule has 0 atom stereocenters. The highest BCUT2D eigenvalue weighted by Crippen LogP contribution is 2.25. The van der Waals surface area contributed by atoms with Crippen LogP contribution in [0.2, 0.25) is 0 Å². The molecule has 1 amide bonds. The molecule has 3 rings (SSSR count). The van der Waals surface area contributed by atoms with Gasteiger partial charge in [-0.2, -0.15) is 8.78 Å². The van der Waals surface area contributed by atoms with Gasteiger partial charge in [0.1, 0.15) is 10.8 Å². The van der Waals surface area contributed by atoms with Gasteiger partial charge in [-0.05, 0) is 36.4 Å². The van der Waals surface area contributed by atoms with Crippen molar-refractivity contribution in [3.8, 4) is 16.3 Å². The zero-order valence-corrected chi connectivity index (χ0v) is 13.1. The minimum atomic E-state index is -2.99. The Labute approximate surface area is 140 Å². The minimum absolute atomic E-state index is 0.0433. The number of aromatic nitrogens is 1. The lowest BCUT2D eigenvalue weighted by Gasteiger charge is -2.11. The van der Waals surface area contributed by atoms with Crippen molar-refractivity contribution in [3.05, 3.63) is 65.7 Å². The molecule has 0 radical (unpaired) electrons. The van der Waals surface area contributed by atoms with Crippen LogP contribution in [0.3, 0.4) is 0 Å². The van der Waals surface area contributed by atoms with Gasteiger partial charge >= 0.3 is 6.61 Å². The fraction of sp³-hybridized carbons (Fsp3) is 0.0588. The third kappa shape index (κ3) is 3.75. The first-order valence-corrected chi connectivity index (χ1v) is 7.86. The molecule has 0 bridgehead atoms. The maximum Gasteiger partial charge on any atom is 0.387 e. The molecule has 1 N–H and O–H groups in total. The van der Waals surface area contributed by atoms with Crippen molar-refractivity contribution < 1.29 is 18.3 Å². The summed E-state index contributed by atoms with van der Waals surface area (Å²) in [6.07, 6.45) is 1.72. The van der Waals surface area contributed by atoms with Crippen LogP contribution in [-0.2, 0) is 0 Å². The first kappa shape index (κ1) is 16.1. The van der Waals surface area contributed by atoms with E-state index in [4.69, 9.17) is 0 Å². The number of halogens is 2. The fourth-order valence-corrected chi connectivity index (χ4v) is 2.76. The molecule has 1 aromatic heterocycles. The third-order valence-corrected chi connectivity index (χ3v) is 3.99. The molecule has 7 heteroatoms. The van der Waals surface area contributed by atoms with Gasteiger partial charge in [0.15, 0.2) is 0 Å². The van der Waals surface area contributed by atoms with E-state index in [9.17, 15) is 13.6 Å². The van der Waals surface area contributed by atoms with Gasteiger partial charge < -0.3 is 10.1 Å². The van der Waals surface area contributed by atoms with Gasteiger partial charge in [-0.1, -0.05) is 12.1 Å². The predicted molar refractivity (Wildman–Crippen MR) is 88.6 cm³/mol. The number of anilines is 1. The summed E-state index contributed by atoms with van der Waals surface area (Å²) in [5, 5.41) is 5.42. The second-order valence-corrected chi connectivity index (χ2v) is 5.64. The average molecular weight is 346 g/mol. The van der Waals surface area contributed by atoms with Crippen LogP contribution in [-0.4, -0.2) is 17.5 Å². The zero-order chi connectivity index (χ0) is 16.9. The van der Waals surface area contributed by atoms with Gasteiger partial charge in [0, 0.05) is 22.8 Å². The molecule has 24 heavy (non-hydrogen) atoms. The van der Waals surface area contributed by atoms with E-state index in [1.165, 1.54) is 29.5 Å². The van der Waals surface area contributed by atoms with Gasteiger partial charge in [-0.25, -0.2) is 4.98 Å². The molecule has 0 saturated heterocycles. The van der Waals surface area contributed by atoms with Crippen molar-refractivity contribution >= 4 is 22.9 Å². The van der Waals surface area contributed by atoms with Crippen molar-refractivity contribution in [2.75, 3.05) is 5.32 Å². The molecule has 2 aromatic carbocycles. The number of hydrogen-bond donors (Lipinski definition) is 1. The van der Waals surface area contributed by atoms with Crippen molar-refractivity contribution in [1.82, 2.24) is 4.98 Å². The summed E-state index contributed by atoms with van der Waals surface area (Å²) >= 11 is 1.51. The van der Waals surface area contributed by atoms with Crippen LogP contribution in [0.25, 0.3) is 10.6 Å². The van der Waals surface area contributed by atoms with Gasteiger partial charge in [-0.3, -0.25) is 4.79 Å². The molecular formula is C17H12F2N2O2S. The predicted octanol–water partition coefficient (Wildman–Crippen LogP) is 4.66. The standard InChI is InChI=1S/C17H12F2N2O2S/c18-17(19)23-14-4-2-1-3-13(14)15(22)21-12-7-5-11(6-8-12)16-20-9-10-24-16/h1-10,17H,(H,21,22). The van der Waals surface area contributed by atoms with E-state index in [2.05, 4.69) is 15.0 Å². The Bertz CT molecular complexity index is 821. The number of carbonyl (C=O) groups is 1. The summed E-state index contributed by atoms with van der Waals surface area (Å²) < 4.78 is 29.2. The molecule has 0 spiro atoms. The lowest BCUT2D eigenvalue weighted by atomic mass is 10.1. The van der Waals surface area contributed by atoms with Crippen LogP contribution in [0.5, 0.6) is 5.75 Å². The Morgan fingerprint density at radius 3 is 2.54 bits per heavy atom. The van der Waals surface area contributed by atoms with E-state index in [1.54, 1.807) is 24.4 Å². The highest BCUT2D eigenvalue weighted by Gasteiger charge is 2.15. The van der Waals surface area contributed by atoms with E-state index in [1.807, 2.05) is 17.5 Å². The van der Waals surface area contributed by atoms with Crippen molar-refractivity contribution in [2.24, 2.45) is 0 Å². The molecule has 0 aliphatic rings. The maximum atomic E-state index is 12.4. The SMILES string of the molecule is O=C(Nc1ccc(-c2nccs2)cc1)c1ccccc1OC(F)F. The average Bonchev–Trinajstić information content (AvgIpc) is 3.10. The second kappa shape index (κ2) is 7.18. The molecule has 122 valence electrons. The third-order valence-electron chi connectivity index (χ3n) is 3.17. The Balaban J connectivity index is 1.75. The molecule has 0 fully saturated rings. The molecule has 0 saturated carbocycles. The van der Waals surface area contributed by atoms with Crippen LogP contribution in [0.4, 0.5) is 14.5 Å². The summed E-state index contributed by atoms with van der Waals surface area (Å²) in [6, 6.07) is 13.0. The fourth-order valence-electron chi connectivity index (χ4n) is 2.11. The highest BCUT2D eigenvalue weighted by atomic mass is 32.1. The summed E-state index contributed by atoms with van der Waals surface area (Å²) in [5.74, 6) is -0.683. The van der Waals surface area contributed by atoms with Gasteiger partial charge in [0.2, 0.25) is 0 Å². The number of thiazole rings is 1. The van der Waals surface area contributed by atoms with Crippen molar-refractivity contribution in [3.63, 3.8) is 0 Å². The zero-order valence-electron chi connectivity index (χ0n) is 12.3. The van der Waals surface area contributed by atoms with E-state index < -0.39 is 12.5 Å². The summed E-state index contributed by atoms with van der Waals surface area (Å²) in [4.78, 5) is 16.5. The molecule has 0 aliphatic carbocycles. The largest absolute Gasteiger partial charge is 0.434 e. The minimum Gasteiger partial charge on any atom is -0.434 e. The highest BCUT2D eigenvalue weighted by molar-refractivity contribution is 7.13. The molecule has 3 aromatic rings. The number of nitrogens with one attached hydrogen (secondary N) is 1. The van der Waals surface area contributed by atoms with Gasteiger partial charge in [-0.15, -0.1) is 11.3 Å². The maximum absolute atomic E-state index is 12.4. The van der Waals surface area contributed by atoms with Crippen molar-refractivity contribution in [1.29, 1.82) is 0 Å². The van der Waals surface area contributed by atoms with E-state index in [0.29, 0.717) is 5.69 Å². The topological polar surface area (TPSA) is 51.2 Å². The first-order valence-electron chi connectivity index (χ1n) is 6.98. The molecule has 1 heterocycles. The number of ether oxygens (including phenoxy) is 1. The number of para-hydroxylation sites is 1. The van der Waals surface area contributed by atoms with Crippen LogP contribution in [0, 0.1) is 0 Å². The summed E-state index contributed by atoms with van der Waals surface area (Å²) in [5.41, 5.74) is 1.53. The summed E-state index contributed by atoms with van der Waals surface area (Å²) in [7, 11) is 0. The van der Waals surface area contributed by atoms with Gasteiger partial charge in [0.25, 0.3) is 5.91 Å². The number of carbonyl (C=O) groups excluding carboxylic acids is 1. The van der Waals surface area contributed by atoms with Crippen LogP contribution < -0.4 is 10.1 Å². The summed E-state index contributed by atoms with van der Waals surface area (Å²) in [6.45, 7) is -2.99. The molecule has 0 aliphatic heterocycles. The van der Waals surface area contributed by atoms with Crippen molar-refractivity contribution in [2.45, 2.75) is 6.61 Å². The van der Waals surface area contributed by atoms with Crippen LogP contribution >= 0.6 is 11.3 Å². The number of amides is 1. The number of nitrogens with zero attached hydrogens (tertiary/aromatic N) is 1. The molecule has 0 unspecified atom stereocenters. The molecular weight excluding hydrogens is 334 g/mol. The monoisotopic (exact) mass is 346 g/mol. The van der Waals surface area contributed by atoms with Crippen LogP contribution in [0.1, 0.15) is 10.4 Å². The lowest BCUT2D eigenvalue weighted by molar-refractivity contribution is -0.0501. The Morgan fingerprint density at radius 2 is 1.88 bits per heavy atom. The Kier molecular flexibility index (Phi) is 4.81. The number of alkyl halides is 2. The normalized spacial score (nSPS) is 10.6. The second-order valence-electron chi connectivity index (χ2n) is 4.74. The smallest absolute Gasteiger partial charge is 0.387 e. The van der Waals surface area contributed by atoms with E-state index in [0.717, 1.165) is 10.6 Å². The number of rotatable bonds is 5. The lowest BCUT2D eigenvalue weighted by Crippen LogP contribution is -2.14. The first-order chi connectivity index (χ1) is 11.6. The van der Waals surface area contributed by atoms with Gasteiger partial charge in [0.05, 0.1) is 5.56 Å². The molecule has 4 nitrogen and oxygen atoms in total. The van der Waals surface area contributed by atoms with E-state index in [-0.39, 0.29) is 11.3 Å². The number of benzene rings is 2. The Hall–Kier alpha value is -2.80. The van der Waals surface area contributed by atoms with E-state index >= 15 is 0 Å².